The molecule has 1 saturated carbocycles. The Hall–Kier alpha value is -1.46. The molecule has 2 fully saturated rings. The van der Waals surface area contributed by atoms with Gasteiger partial charge in [-0.1, -0.05) is 6.42 Å². The van der Waals surface area contributed by atoms with Crippen molar-refractivity contribution in [2.45, 2.75) is 31.8 Å². The Morgan fingerprint density at radius 3 is 3.00 bits per heavy atom. The summed E-state index contributed by atoms with van der Waals surface area (Å²) in [4.78, 5) is 2.53. The van der Waals surface area contributed by atoms with E-state index in [0.29, 0.717) is 12.0 Å². The number of ether oxygens (including phenoxy) is 3. The summed E-state index contributed by atoms with van der Waals surface area (Å²) >= 11 is 0. The lowest BCUT2D eigenvalue weighted by molar-refractivity contribution is 0.171. The van der Waals surface area contributed by atoms with E-state index < -0.39 is 0 Å². The Bertz CT molecular complexity index is 563. The SMILES string of the molecule is COc1cc(CN2CC3CCCC(N)C3C2)cc2c1OCO2. The Morgan fingerprint density at radius 1 is 1.27 bits per heavy atom. The predicted molar refractivity (Wildman–Crippen MR) is 83.2 cm³/mol. The van der Waals surface area contributed by atoms with Gasteiger partial charge in [-0.3, -0.25) is 4.90 Å². The summed E-state index contributed by atoms with van der Waals surface area (Å²) in [6.45, 7) is 3.47. The summed E-state index contributed by atoms with van der Waals surface area (Å²) in [5.74, 6) is 3.73. The second-order valence-corrected chi connectivity index (χ2v) is 6.74. The van der Waals surface area contributed by atoms with E-state index in [4.69, 9.17) is 19.9 Å². The van der Waals surface area contributed by atoms with E-state index in [9.17, 15) is 0 Å². The molecule has 22 heavy (non-hydrogen) atoms. The van der Waals surface area contributed by atoms with Crippen molar-refractivity contribution in [2.75, 3.05) is 27.0 Å². The smallest absolute Gasteiger partial charge is 0.231 e. The van der Waals surface area contributed by atoms with Crippen molar-refractivity contribution < 1.29 is 14.2 Å². The molecule has 0 amide bonds. The van der Waals surface area contributed by atoms with Crippen LogP contribution in [0.3, 0.4) is 0 Å². The van der Waals surface area contributed by atoms with Crippen LogP contribution in [-0.2, 0) is 6.54 Å². The van der Waals surface area contributed by atoms with Crippen molar-refractivity contribution in [1.29, 1.82) is 0 Å². The number of likely N-dealkylation sites (tertiary alicyclic amines) is 1. The van der Waals surface area contributed by atoms with Gasteiger partial charge in [0.25, 0.3) is 0 Å². The molecule has 1 saturated heterocycles. The zero-order valence-electron chi connectivity index (χ0n) is 13.1. The highest BCUT2D eigenvalue weighted by Gasteiger charge is 2.38. The van der Waals surface area contributed by atoms with Crippen LogP contribution in [0.2, 0.25) is 0 Å². The maximum absolute atomic E-state index is 6.31. The van der Waals surface area contributed by atoms with Crippen LogP contribution in [0.15, 0.2) is 12.1 Å². The molecule has 0 spiro atoms. The van der Waals surface area contributed by atoms with Gasteiger partial charge in [-0.25, -0.2) is 0 Å². The summed E-state index contributed by atoms with van der Waals surface area (Å²) < 4.78 is 16.4. The van der Waals surface area contributed by atoms with Crippen molar-refractivity contribution in [3.05, 3.63) is 17.7 Å². The van der Waals surface area contributed by atoms with Gasteiger partial charge in [-0.15, -0.1) is 0 Å². The minimum atomic E-state index is 0.276. The molecule has 2 heterocycles. The van der Waals surface area contributed by atoms with Gasteiger partial charge in [0.2, 0.25) is 12.5 Å². The van der Waals surface area contributed by atoms with Gasteiger partial charge < -0.3 is 19.9 Å². The Kier molecular flexibility index (Phi) is 3.62. The number of rotatable bonds is 3. The average molecular weight is 304 g/mol. The molecule has 2 N–H and O–H groups in total. The van der Waals surface area contributed by atoms with Gasteiger partial charge in [0, 0.05) is 25.7 Å². The molecule has 4 rings (SSSR count). The van der Waals surface area contributed by atoms with Crippen LogP contribution in [0.4, 0.5) is 0 Å². The maximum Gasteiger partial charge on any atom is 0.231 e. The van der Waals surface area contributed by atoms with E-state index in [1.165, 1.54) is 24.8 Å². The fourth-order valence-electron chi connectivity index (χ4n) is 4.27. The molecule has 120 valence electrons. The summed E-state index contributed by atoms with van der Waals surface area (Å²) in [5, 5.41) is 0. The minimum Gasteiger partial charge on any atom is -0.493 e. The molecule has 0 aromatic heterocycles. The number of nitrogens with zero attached hydrogens (tertiary/aromatic N) is 1. The highest BCUT2D eigenvalue weighted by atomic mass is 16.7. The minimum absolute atomic E-state index is 0.276. The first-order valence-corrected chi connectivity index (χ1v) is 8.19. The zero-order valence-corrected chi connectivity index (χ0v) is 13.1. The standard InChI is InChI=1S/C17H24N2O3/c1-20-15-5-11(6-16-17(15)22-10-21-16)7-19-8-12-3-2-4-14(18)13(12)9-19/h5-6,12-14H,2-4,7-10,18H2,1H3. The maximum atomic E-state index is 6.31. The summed E-state index contributed by atoms with van der Waals surface area (Å²) in [7, 11) is 1.67. The molecule has 2 aliphatic heterocycles. The van der Waals surface area contributed by atoms with E-state index in [0.717, 1.165) is 42.8 Å². The Labute approximate surface area is 131 Å². The van der Waals surface area contributed by atoms with Gasteiger partial charge in [-0.2, -0.15) is 0 Å². The van der Waals surface area contributed by atoms with E-state index >= 15 is 0 Å². The summed E-state index contributed by atoms with van der Waals surface area (Å²) in [5.41, 5.74) is 7.53. The van der Waals surface area contributed by atoms with Gasteiger partial charge in [0.15, 0.2) is 11.5 Å². The Morgan fingerprint density at radius 2 is 2.18 bits per heavy atom. The van der Waals surface area contributed by atoms with Crippen LogP contribution in [0.25, 0.3) is 0 Å². The zero-order chi connectivity index (χ0) is 15.1. The Balaban J connectivity index is 1.50. The number of methoxy groups -OCH3 is 1. The van der Waals surface area contributed by atoms with Crippen molar-refractivity contribution in [2.24, 2.45) is 17.6 Å². The molecule has 3 atom stereocenters. The third-order valence-electron chi connectivity index (χ3n) is 5.35. The molecule has 1 aromatic rings. The second kappa shape index (κ2) is 5.63. The normalized spacial score (nSPS) is 30.4. The lowest BCUT2D eigenvalue weighted by Gasteiger charge is -2.29. The molecule has 1 aliphatic carbocycles. The third kappa shape index (κ3) is 2.42. The number of hydrogen-bond donors (Lipinski definition) is 1. The van der Waals surface area contributed by atoms with Crippen LogP contribution < -0.4 is 19.9 Å². The van der Waals surface area contributed by atoms with Crippen molar-refractivity contribution >= 4 is 0 Å². The fourth-order valence-corrected chi connectivity index (χ4v) is 4.27. The van der Waals surface area contributed by atoms with Crippen molar-refractivity contribution in [3.8, 4) is 17.2 Å². The van der Waals surface area contributed by atoms with Gasteiger partial charge >= 0.3 is 0 Å². The topological polar surface area (TPSA) is 57.0 Å². The molecular formula is C17H24N2O3. The molecular weight excluding hydrogens is 280 g/mol. The van der Waals surface area contributed by atoms with E-state index in [1.807, 2.05) is 0 Å². The van der Waals surface area contributed by atoms with Crippen LogP contribution in [0.5, 0.6) is 17.2 Å². The highest BCUT2D eigenvalue weighted by Crippen LogP contribution is 2.42. The van der Waals surface area contributed by atoms with Crippen LogP contribution in [0, 0.1) is 11.8 Å². The van der Waals surface area contributed by atoms with Crippen molar-refractivity contribution in [1.82, 2.24) is 4.90 Å². The monoisotopic (exact) mass is 304 g/mol. The van der Waals surface area contributed by atoms with E-state index in [2.05, 4.69) is 17.0 Å². The number of fused-ring (bicyclic) bond motifs is 2. The van der Waals surface area contributed by atoms with Gasteiger partial charge in [-0.05, 0) is 42.4 Å². The quantitative estimate of drug-likeness (QED) is 0.925. The lowest BCUT2D eigenvalue weighted by Crippen LogP contribution is -2.38. The molecule has 1 aromatic carbocycles. The molecule has 0 bridgehead atoms. The number of hydrogen-bond acceptors (Lipinski definition) is 5. The molecule has 5 nitrogen and oxygen atoms in total. The average Bonchev–Trinajstić information content (AvgIpc) is 3.13. The number of benzene rings is 1. The van der Waals surface area contributed by atoms with E-state index in [-0.39, 0.29) is 6.79 Å². The highest BCUT2D eigenvalue weighted by molar-refractivity contribution is 5.55. The molecule has 0 radical (unpaired) electrons. The second-order valence-electron chi connectivity index (χ2n) is 6.74. The third-order valence-corrected chi connectivity index (χ3v) is 5.35. The molecule has 5 heteroatoms. The van der Waals surface area contributed by atoms with Gasteiger partial charge in [0.05, 0.1) is 7.11 Å². The summed E-state index contributed by atoms with van der Waals surface area (Å²) in [6, 6.07) is 4.53. The fraction of sp³-hybridized carbons (Fsp3) is 0.647. The molecule has 3 aliphatic rings. The first-order chi connectivity index (χ1) is 10.7. The van der Waals surface area contributed by atoms with Gasteiger partial charge in [0.1, 0.15) is 0 Å². The predicted octanol–water partition coefficient (Wildman–Crippen LogP) is 1.98. The first kappa shape index (κ1) is 14.2. The largest absolute Gasteiger partial charge is 0.493 e. The van der Waals surface area contributed by atoms with Crippen LogP contribution in [0.1, 0.15) is 24.8 Å². The van der Waals surface area contributed by atoms with Crippen molar-refractivity contribution in [3.63, 3.8) is 0 Å². The molecule has 3 unspecified atom stereocenters. The van der Waals surface area contributed by atoms with Crippen LogP contribution >= 0.6 is 0 Å². The van der Waals surface area contributed by atoms with E-state index in [1.54, 1.807) is 7.11 Å². The first-order valence-electron chi connectivity index (χ1n) is 8.19. The number of nitrogens with two attached hydrogens (primary N) is 1. The lowest BCUT2D eigenvalue weighted by atomic mass is 9.78. The van der Waals surface area contributed by atoms with Crippen LogP contribution in [-0.4, -0.2) is 37.9 Å². The summed E-state index contributed by atoms with van der Waals surface area (Å²) in [6.07, 6.45) is 3.81.